The first-order valence-corrected chi connectivity index (χ1v) is 15.8. The van der Waals surface area contributed by atoms with Crippen molar-refractivity contribution in [1.82, 2.24) is 9.80 Å². The molecule has 2 bridgehead atoms. The van der Waals surface area contributed by atoms with Crippen LogP contribution in [-0.2, 0) is 20.9 Å². The summed E-state index contributed by atoms with van der Waals surface area (Å²) in [6, 6.07) is 18.7. The number of rotatable bonds is 13. The molecule has 0 saturated carbocycles. The van der Waals surface area contributed by atoms with E-state index in [1.165, 1.54) is 0 Å². The average Bonchev–Trinajstić information content (AvgIpc) is 3.59. The van der Waals surface area contributed by atoms with Gasteiger partial charge in [0.2, 0.25) is 17.7 Å². The van der Waals surface area contributed by atoms with E-state index in [1.54, 1.807) is 38.6 Å². The first-order chi connectivity index (χ1) is 20.4. The number of para-hydroxylation sites is 1. The Morgan fingerprint density at radius 2 is 1.69 bits per heavy atom. The molecule has 0 aliphatic carbocycles. The molecule has 0 aromatic heterocycles. The maximum absolute atomic E-state index is 14.6. The van der Waals surface area contributed by atoms with Crippen molar-refractivity contribution in [2.45, 2.75) is 48.8 Å². The van der Waals surface area contributed by atoms with Gasteiger partial charge in [-0.15, -0.1) is 24.9 Å². The van der Waals surface area contributed by atoms with E-state index in [2.05, 4.69) is 20.1 Å². The minimum absolute atomic E-state index is 0.0216. The van der Waals surface area contributed by atoms with Crippen molar-refractivity contribution in [3.8, 4) is 0 Å². The SMILES string of the molecule is C=CCN(Cc1ccccc1)C(=O)C1N(CCCCO)C(=O)[C@@H]2[C@@H](C(=O)N(CC=C)c3ccccc3)[C@H]3CC(C)C12S3. The number of nitrogens with zero attached hydrogens (tertiary/aromatic N) is 3. The van der Waals surface area contributed by atoms with E-state index in [1.807, 2.05) is 60.7 Å². The normalized spacial score (nSPS) is 27.5. The zero-order chi connectivity index (χ0) is 29.9. The van der Waals surface area contributed by atoms with Crippen LogP contribution in [0.5, 0.6) is 0 Å². The number of aliphatic hydroxyl groups excluding tert-OH is 1. The van der Waals surface area contributed by atoms with Crippen molar-refractivity contribution in [3.05, 3.63) is 91.5 Å². The number of carbonyl (C=O) groups is 3. The number of hydrogen-bond donors (Lipinski definition) is 1. The van der Waals surface area contributed by atoms with Gasteiger partial charge in [-0.25, -0.2) is 0 Å². The first-order valence-electron chi connectivity index (χ1n) is 14.9. The molecule has 6 atom stereocenters. The topological polar surface area (TPSA) is 81.2 Å². The number of likely N-dealkylation sites (tertiary alicyclic amines) is 1. The quantitative estimate of drug-likeness (QED) is 0.275. The van der Waals surface area contributed by atoms with Gasteiger partial charge in [0.15, 0.2) is 0 Å². The van der Waals surface area contributed by atoms with E-state index in [-0.39, 0.29) is 35.5 Å². The summed E-state index contributed by atoms with van der Waals surface area (Å²) in [5, 5.41) is 9.45. The van der Waals surface area contributed by atoms with E-state index in [9.17, 15) is 19.5 Å². The predicted molar refractivity (Wildman–Crippen MR) is 168 cm³/mol. The first kappa shape index (κ1) is 30.1. The lowest BCUT2D eigenvalue weighted by molar-refractivity contribution is -0.143. The number of aliphatic hydroxyl groups is 1. The molecular weight excluding hydrogens is 546 g/mol. The summed E-state index contributed by atoms with van der Waals surface area (Å²) >= 11 is 1.69. The van der Waals surface area contributed by atoms with Crippen LogP contribution in [0.4, 0.5) is 5.69 Å². The van der Waals surface area contributed by atoms with Gasteiger partial charge in [-0.3, -0.25) is 14.4 Å². The minimum atomic E-state index is -0.703. The number of benzene rings is 2. The number of carbonyl (C=O) groups excluding carboxylic acids is 3. The average molecular weight is 588 g/mol. The summed E-state index contributed by atoms with van der Waals surface area (Å²) in [7, 11) is 0. The highest BCUT2D eigenvalue weighted by Crippen LogP contribution is 2.69. The molecule has 7 nitrogen and oxygen atoms in total. The van der Waals surface area contributed by atoms with Crippen LogP contribution in [0.2, 0.25) is 0 Å². The summed E-state index contributed by atoms with van der Waals surface area (Å²) in [5.74, 6) is -1.34. The Kier molecular flexibility index (Phi) is 9.23. The fourth-order valence-corrected chi connectivity index (χ4v) is 9.73. The number of thioether (sulfide) groups is 1. The molecule has 42 heavy (non-hydrogen) atoms. The van der Waals surface area contributed by atoms with Gasteiger partial charge in [0.05, 0.1) is 16.6 Å². The van der Waals surface area contributed by atoms with Crippen LogP contribution in [0, 0.1) is 17.8 Å². The Morgan fingerprint density at radius 1 is 1.02 bits per heavy atom. The van der Waals surface area contributed by atoms with Crippen LogP contribution in [0.25, 0.3) is 0 Å². The van der Waals surface area contributed by atoms with Gasteiger partial charge in [-0.05, 0) is 42.9 Å². The summed E-state index contributed by atoms with van der Waals surface area (Å²) < 4.78 is -0.703. The van der Waals surface area contributed by atoms with Crippen LogP contribution in [-0.4, -0.2) is 74.9 Å². The van der Waals surface area contributed by atoms with Crippen molar-refractivity contribution in [2.24, 2.45) is 17.8 Å². The molecule has 8 heteroatoms. The van der Waals surface area contributed by atoms with E-state index in [0.29, 0.717) is 39.0 Å². The lowest BCUT2D eigenvalue weighted by Gasteiger charge is -2.41. The maximum Gasteiger partial charge on any atom is 0.247 e. The Balaban J connectivity index is 1.54. The molecule has 3 fully saturated rings. The highest BCUT2D eigenvalue weighted by atomic mass is 32.2. The Labute approximate surface area is 253 Å². The van der Waals surface area contributed by atoms with Crippen molar-refractivity contribution >= 4 is 35.2 Å². The third-order valence-corrected chi connectivity index (χ3v) is 11.2. The van der Waals surface area contributed by atoms with Crippen LogP contribution in [0.1, 0.15) is 31.7 Å². The second-order valence-corrected chi connectivity index (χ2v) is 13.1. The molecule has 1 N–H and O–H groups in total. The number of anilines is 1. The Bertz CT molecular complexity index is 1300. The zero-order valence-corrected chi connectivity index (χ0v) is 25.1. The van der Waals surface area contributed by atoms with Gasteiger partial charge in [0, 0.05) is 43.7 Å². The summed E-state index contributed by atoms with van der Waals surface area (Å²) in [6.07, 6.45) is 5.34. The van der Waals surface area contributed by atoms with E-state index >= 15 is 0 Å². The molecule has 3 aliphatic heterocycles. The molecule has 1 spiro atoms. The van der Waals surface area contributed by atoms with Gasteiger partial charge in [0.1, 0.15) is 6.04 Å². The fourth-order valence-electron chi connectivity index (χ4n) is 7.32. The van der Waals surface area contributed by atoms with Crippen LogP contribution in [0.3, 0.4) is 0 Å². The van der Waals surface area contributed by atoms with Gasteiger partial charge in [-0.1, -0.05) is 67.6 Å². The summed E-state index contributed by atoms with van der Waals surface area (Å²) in [5.41, 5.74) is 1.78. The molecule has 5 rings (SSSR count). The molecule has 3 heterocycles. The molecular formula is C34H41N3O4S. The van der Waals surface area contributed by atoms with Gasteiger partial charge < -0.3 is 19.8 Å². The second kappa shape index (κ2) is 12.9. The molecule has 2 aromatic rings. The lowest BCUT2D eigenvalue weighted by Crippen LogP contribution is -2.57. The van der Waals surface area contributed by atoms with E-state index < -0.39 is 22.6 Å². The zero-order valence-electron chi connectivity index (χ0n) is 24.3. The third kappa shape index (κ3) is 5.20. The third-order valence-electron chi connectivity index (χ3n) is 9.09. The van der Waals surface area contributed by atoms with Crippen molar-refractivity contribution in [2.75, 3.05) is 31.1 Å². The molecule has 0 radical (unpaired) electrons. The number of hydrogen-bond acceptors (Lipinski definition) is 5. The van der Waals surface area contributed by atoms with Gasteiger partial charge in [-0.2, -0.15) is 0 Å². The lowest BCUT2D eigenvalue weighted by atomic mass is 9.65. The molecule has 2 aromatic carbocycles. The summed E-state index contributed by atoms with van der Waals surface area (Å²) in [6.45, 7) is 11.4. The van der Waals surface area contributed by atoms with Crippen molar-refractivity contribution in [1.29, 1.82) is 0 Å². The monoisotopic (exact) mass is 587 g/mol. The number of amides is 3. The molecule has 222 valence electrons. The van der Waals surface area contributed by atoms with Crippen molar-refractivity contribution in [3.63, 3.8) is 0 Å². The van der Waals surface area contributed by atoms with Gasteiger partial charge >= 0.3 is 0 Å². The maximum atomic E-state index is 14.6. The van der Waals surface area contributed by atoms with Gasteiger partial charge in [0.25, 0.3) is 0 Å². The Hall–Kier alpha value is -3.36. The van der Waals surface area contributed by atoms with Crippen molar-refractivity contribution < 1.29 is 19.5 Å². The summed E-state index contributed by atoms with van der Waals surface area (Å²) in [4.78, 5) is 48.8. The van der Waals surface area contributed by atoms with Crippen LogP contribution < -0.4 is 4.90 Å². The second-order valence-electron chi connectivity index (χ2n) is 11.6. The smallest absolute Gasteiger partial charge is 0.247 e. The Morgan fingerprint density at radius 3 is 2.33 bits per heavy atom. The molecule has 3 amide bonds. The largest absolute Gasteiger partial charge is 0.396 e. The number of unbranched alkanes of at least 4 members (excludes halogenated alkanes) is 1. The fraction of sp³-hybridized carbons (Fsp3) is 0.441. The highest BCUT2D eigenvalue weighted by Gasteiger charge is 2.76. The number of fused-ring (bicyclic) bond motifs is 1. The molecule has 3 unspecified atom stereocenters. The van der Waals surface area contributed by atoms with Crippen LogP contribution >= 0.6 is 11.8 Å². The molecule has 3 saturated heterocycles. The molecule has 3 aliphatic rings. The standard InChI is InChI=1S/C34H41N3O4S/c1-4-18-35(23-25-14-8-6-9-15-25)33(41)30-34-24(3)22-27(42-34)28(29(34)32(40)37(30)20-12-13-21-38)31(39)36(19-5-2)26-16-10-7-11-17-26/h4-11,14-17,24,27-30,38H,1-2,12-13,18-23H2,3H3/t24?,27-,28+,29+,30?,34?/m1/s1. The highest BCUT2D eigenvalue weighted by molar-refractivity contribution is 8.02. The van der Waals surface area contributed by atoms with Crippen LogP contribution in [0.15, 0.2) is 86.0 Å². The van der Waals surface area contributed by atoms with E-state index in [0.717, 1.165) is 17.7 Å². The predicted octanol–water partition coefficient (Wildman–Crippen LogP) is 4.53. The minimum Gasteiger partial charge on any atom is -0.396 e. The van der Waals surface area contributed by atoms with E-state index in [4.69, 9.17) is 0 Å².